The molecule has 1 aliphatic heterocycles. The van der Waals surface area contributed by atoms with Crippen LogP contribution in [0.25, 0.3) is 20.7 Å². The third-order valence-corrected chi connectivity index (χ3v) is 9.53. The summed E-state index contributed by atoms with van der Waals surface area (Å²) in [4.78, 5) is 24.9. The van der Waals surface area contributed by atoms with Crippen molar-refractivity contribution in [2.45, 2.75) is 17.9 Å². The Kier molecular flexibility index (Phi) is 5.72. The highest BCUT2D eigenvalue weighted by molar-refractivity contribution is 7.89. The molecule has 0 radical (unpaired) electrons. The van der Waals surface area contributed by atoms with Crippen molar-refractivity contribution in [1.29, 1.82) is 0 Å². The van der Waals surface area contributed by atoms with Crippen LogP contribution in [0.2, 0.25) is 0 Å². The molecule has 0 amide bonds. The number of hydrogen-bond donors (Lipinski definition) is 1. The molecule has 0 aliphatic carbocycles. The molecule has 1 atom stereocenters. The van der Waals surface area contributed by atoms with Crippen LogP contribution in [0.4, 0.5) is 0 Å². The molecule has 0 bridgehead atoms. The Morgan fingerprint density at radius 3 is 2.47 bits per heavy atom. The maximum absolute atomic E-state index is 12.9. The van der Waals surface area contributed by atoms with Crippen LogP contribution < -0.4 is 5.56 Å². The predicted molar refractivity (Wildman–Crippen MR) is 129 cm³/mol. The molecule has 1 N–H and O–H groups in total. The molecular weight excluding hydrogens is 464 g/mol. The van der Waals surface area contributed by atoms with Crippen molar-refractivity contribution in [3.05, 3.63) is 69.4 Å². The quantitative estimate of drug-likeness (QED) is 0.464. The van der Waals surface area contributed by atoms with E-state index >= 15 is 0 Å². The molecular formula is C22H22N4O3S3. The van der Waals surface area contributed by atoms with Gasteiger partial charge in [-0.05, 0) is 30.5 Å². The summed E-state index contributed by atoms with van der Waals surface area (Å²) >= 11 is 3.08. The molecule has 0 saturated carbocycles. The number of piperazine rings is 1. The maximum Gasteiger partial charge on any atom is 0.260 e. The first-order valence-corrected chi connectivity index (χ1v) is 13.5. The molecule has 1 aliphatic rings. The van der Waals surface area contributed by atoms with Crippen molar-refractivity contribution in [2.75, 3.05) is 26.2 Å². The van der Waals surface area contributed by atoms with Gasteiger partial charge in [0.05, 0.1) is 16.3 Å². The Morgan fingerprint density at radius 2 is 1.78 bits per heavy atom. The summed E-state index contributed by atoms with van der Waals surface area (Å²) in [6.45, 7) is 3.93. The van der Waals surface area contributed by atoms with Crippen molar-refractivity contribution < 1.29 is 8.42 Å². The van der Waals surface area contributed by atoms with Crippen LogP contribution in [0, 0.1) is 0 Å². The summed E-state index contributed by atoms with van der Waals surface area (Å²) in [6, 6.07) is 12.4. The molecule has 4 heterocycles. The van der Waals surface area contributed by atoms with Crippen LogP contribution in [0.3, 0.4) is 0 Å². The highest BCUT2D eigenvalue weighted by Crippen LogP contribution is 2.34. The first kappa shape index (κ1) is 21.5. The maximum atomic E-state index is 12.9. The number of aromatic amines is 1. The first-order chi connectivity index (χ1) is 15.4. The predicted octanol–water partition coefficient (Wildman–Crippen LogP) is 3.78. The van der Waals surface area contributed by atoms with Crippen molar-refractivity contribution in [3.63, 3.8) is 0 Å². The van der Waals surface area contributed by atoms with Gasteiger partial charge in [0.15, 0.2) is 0 Å². The first-order valence-electron chi connectivity index (χ1n) is 10.3. The van der Waals surface area contributed by atoms with Crippen LogP contribution in [0.1, 0.15) is 18.8 Å². The lowest BCUT2D eigenvalue weighted by Gasteiger charge is -2.36. The SMILES string of the molecule is C[C@@H](c1nc2scc(-c3cccs3)c2c(=O)[nH]1)N1CCN(S(=O)(=O)c2ccccc2)CC1. The van der Waals surface area contributed by atoms with Gasteiger partial charge in [0.2, 0.25) is 10.0 Å². The highest BCUT2D eigenvalue weighted by atomic mass is 32.2. The molecule has 1 aromatic carbocycles. The fourth-order valence-corrected chi connectivity index (χ4v) is 7.23. The van der Waals surface area contributed by atoms with Gasteiger partial charge in [-0.3, -0.25) is 9.69 Å². The number of sulfonamides is 1. The zero-order valence-corrected chi connectivity index (χ0v) is 19.8. The van der Waals surface area contributed by atoms with Crippen LogP contribution in [0.15, 0.2) is 62.9 Å². The van der Waals surface area contributed by atoms with E-state index in [1.807, 2.05) is 29.8 Å². The number of nitrogens with one attached hydrogen (secondary N) is 1. The molecule has 10 heteroatoms. The lowest BCUT2D eigenvalue weighted by molar-refractivity contribution is 0.141. The molecule has 4 aromatic rings. The Morgan fingerprint density at radius 1 is 1.03 bits per heavy atom. The van der Waals surface area contributed by atoms with E-state index in [1.165, 1.54) is 15.6 Å². The van der Waals surface area contributed by atoms with E-state index in [-0.39, 0.29) is 11.6 Å². The van der Waals surface area contributed by atoms with Crippen molar-refractivity contribution in [3.8, 4) is 10.4 Å². The van der Waals surface area contributed by atoms with Gasteiger partial charge in [-0.25, -0.2) is 13.4 Å². The molecule has 3 aromatic heterocycles. The van der Waals surface area contributed by atoms with E-state index in [1.54, 1.807) is 41.7 Å². The van der Waals surface area contributed by atoms with Gasteiger partial charge in [0, 0.05) is 42.0 Å². The number of hydrogen-bond acceptors (Lipinski definition) is 7. The molecule has 166 valence electrons. The van der Waals surface area contributed by atoms with E-state index < -0.39 is 10.0 Å². The minimum Gasteiger partial charge on any atom is -0.309 e. The number of nitrogens with zero attached hydrogens (tertiary/aromatic N) is 3. The Balaban J connectivity index is 1.34. The summed E-state index contributed by atoms with van der Waals surface area (Å²) in [7, 11) is -3.49. The molecule has 1 fully saturated rings. The van der Waals surface area contributed by atoms with E-state index in [0.717, 1.165) is 15.3 Å². The average Bonchev–Trinajstić information content (AvgIpc) is 3.49. The minimum absolute atomic E-state index is 0.124. The number of aromatic nitrogens is 2. The van der Waals surface area contributed by atoms with Crippen molar-refractivity contribution in [1.82, 2.24) is 19.2 Å². The molecule has 5 rings (SSSR count). The Hall–Kier alpha value is -2.37. The van der Waals surface area contributed by atoms with Crippen molar-refractivity contribution >= 4 is 42.9 Å². The normalized spacial score (nSPS) is 17.0. The molecule has 1 saturated heterocycles. The van der Waals surface area contributed by atoms with Crippen LogP contribution in [0.5, 0.6) is 0 Å². The number of thiophene rings is 2. The lowest BCUT2D eigenvalue weighted by Crippen LogP contribution is -2.49. The fourth-order valence-electron chi connectivity index (χ4n) is 4.02. The second kappa shape index (κ2) is 8.53. The van der Waals surface area contributed by atoms with Crippen molar-refractivity contribution in [2.24, 2.45) is 0 Å². The van der Waals surface area contributed by atoms with Gasteiger partial charge in [-0.15, -0.1) is 22.7 Å². The number of H-pyrrole nitrogens is 1. The molecule has 32 heavy (non-hydrogen) atoms. The number of fused-ring (bicyclic) bond motifs is 1. The van der Waals surface area contributed by atoms with E-state index in [9.17, 15) is 13.2 Å². The summed E-state index contributed by atoms with van der Waals surface area (Å²) in [5.74, 6) is 0.612. The molecule has 7 nitrogen and oxygen atoms in total. The van der Waals surface area contributed by atoms with E-state index in [4.69, 9.17) is 4.98 Å². The van der Waals surface area contributed by atoms with Gasteiger partial charge in [-0.2, -0.15) is 4.31 Å². The largest absolute Gasteiger partial charge is 0.309 e. The standard InChI is InChI=1S/C22H22N4O3S3/c1-15(25-9-11-26(12-10-25)32(28,29)16-6-3-2-4-7-16)20-23-21(27)19-17(14-31-22(19)24-20)18-8-5-13-30-18/h2-8,13-15H,9-12H2,1H3,(H,23,24,27)/t15-/m0/s1. The monoisotopic (exact) mass is 486 g/mol. The fraction of sp³-hybridized carbons (Fsp3) is 0.273. The topological polar surface area (TPSA) is 86.4 Å². The average molecular weight is 487 g/mol. The smallest absolute Gasteiger partial charge is 0.260 e. The second-order valence-electron chi connectivity index (χ2n) is 7.69. The zero-order valence-electron chi connectivity index (χ0n) is 17.4. The lowest BCUT2D eigenvalue weighted by atomic mass is 10.2. The van der Waals surface area contributed by atoms with Gasteiger partial charge in [-0.1, -0.05) is 24.3 Å². The molecule has 0 unspecified atom stereocenters. The Bertz CT molecular complexity index is 1390. The number of benzene rings is 1. The molecule has 0 spiro atoms. The van der Waals surface area contributed by atoms with Crippen LogP contribution >= 0.6 is 22.7 Å². The summed E-state index contributed by atoms with van der Waals surface area (Å²) in [5.41, 5.74) is 0.791. The van der Waals surface area contributed by atoms with E-state index in [2.05, 4.69) is 9.88 Å². The third kappa shape index (κ3) is 3.82. The summed E-state index contributed by atoms with van der Waals surface area (Å²) in [5, 5.41) is 4.61. The zero-order chi connectivity index (χ0) is 22.3. The highest BCUT2D eigenvalue weighted by Gasteiger charge is 2.31. The van der Waals surface area contributed by atoms with Crippen LogP contribution in [-0.2, 0) is 10.0 Å². The van der Waals surface area contributed by atoms with Gasteiger partial charge >= 0.3 is 0 Å². The third-order valence-electron chi connectivity index (χ3n) is 5.85. The number of rotatable bonds is 5. The van der Waals surface area contributed by atoms with Gasteiger partial charge < -0.3 is 4.98 Å². The van der Waals surface area contributed by atoms with Gasteiger partial charge in [0.25, 0.3) is 5.56 Å². The Labute approximate surface area is 194 Å². The van der Waals surface area contributed by atoms with Crippen LogP contribution in [-0.4, -0.2) is 53.8 Å². The minimum atomic E-state index is -3.49. The van der Waals surface area contributed by atoms with Gasteiger partial charge in [0.1, 0.15) is 10.7 Å². The second-order valence-corrected chi connectivity index (χ2v) is 11.4. The summed E-state index contributed by atoms with van der Waals surface area (Å²) < 4.78 is 27.3. The summed E-state index contributed by atoms with van der Waals surface area (Å²) in [6.07, 6.45) is 0. The van der Waals surface area contributed by atoms with E-state index in [0.29, 0.717) is 42.3 Å².